The van der Waals surface area contributed by atoms with Crippen LogP contribution in [0.15, 0.2) is 15.4 Å². The summed E-state index contributed by atoms with van der Waals surface area (Å²) in [7, 11) is 0. The van der Waals surface area contributed by atoms with Crippen LogP contribution in [0.25, 0.3) is 0 Å². The summed E-state index contributed by atoms with van der Waals surface area (Å²) in [6, 6.07) is 0. The highest BCUT2D eigenvalue weighted by molar-refractivity contribution is 9.10. The first-order valence-electron chi connectivity index (χ1n) is 2.93. The average molecular weight is 190 g/mol. The molecule has 0 saturated carbocycles. The van der Waals surface area contributed by atoms with Crippen molar-refractivity contribution in [3.8, 4) is 0 Å². The van der Waals surface area contributed by atoms with E-state index < -0.39 is 0 Å². The number of hydrogen-bond acceptors (Lipinski definition) is 2. The molecule has 1 rings (SSSR count). The fourth-order valence-electron chi connectivity index (χ4n) is 0.646. The van der Waals surface area contributed by atoms with Crippen LogP contribution < -0.4 is 0 Å². The van der Waals surface area contributed by atoms with Crippen molar-refractivity contribution in [2.24, 2.45) is 0 Å². The summed E-state index contributed by atoms with van der Waals surface area (Å²) in [6.45, 7) is 2.11. The number of aryl methyl sites for hydroxylation is 1. The van der Waals surface area contributed by atoms with Crippen molar-refractivity contribution in [3.63, 3.8) is 0 Å². The van der Waals surface area contributed by atoms with E-state index in [0.717, 1.165) is 18.6 Å². The Bertz CT molecular complexity index is 185. The maximum Gasteiger partial charge on any atom is 0.264 e. The predicted octanol–water partition coefficient (Wildman–Crippen LogP) is 2.39. The van der Waals surface area contributed by atoms with Gasteiger partial charge in [0.2, 0.25) is 0 Å². The fourth-order valence-corrected chi connectivity index (χ4v) is 0.956. The van der Waals surface area contributed by atoms with Crippen molar-refractivity contribution >= 4 is 15.9 Å². The quantitative estimate of drug-likeness (QED) is 0.715. The van der Waals surface area contributed by atoms with Crippen molar-refractivity contribution in [2.45, 2.75) is 19.8 Å². The molecule has 9 heavy (non-hydrogen) atoms. The third-order valence-electron chi connectivity index (χ3n) is 1.02. The Morgan fingerprint density at radius 3 is 3.00 bits per heavy atom. The zero-order valence-corrected chi connectivity index (χ0v) is 6.81. The molecule has 0 saturated heterocycles. The van der Waals surface area contributed by atoms with Crippen molar-refractivity contribution in [3.05, 3.63) is 16.8 Å². The number of oxazole rings is 1. The summed E-state index contributed by atoms with van der Waals surface area (Å²) in [4.78, 5) is 4.46. The Kier molecular flexibility index (Phi) is 2.28. The molecule has 0 aromatic carbocycles. The van der Waals surface area contributed by atoms with E-state index in [9.17, 15) is 0 Å². The van der Waals surface area contributed by atoms with E-state index in [4.69, 9.17) is 4.42 Å². The number of rotatable bonds is 2. The maximum absolute atomic E-state index is 5.13. The Morgan fingerprint density at radius 1 is 1.78 bits per heavy atom. The Hall–Kier alpha value is -0.310. The molecule has 2 nitrogen and oxygen atoms in total. The summed E-state index contributed by atoms with van der Waals surface area (Å²) in [6.07, 6.45) is 3.81. The zero-order valence-electron chi connectivity index (χ0n) is 5.22. The lowest BCUT2D eigenvalue weighted by molar-refractivity contribution is 0.477. The minimum atomic E-state index is 0.575. The minimum absolute atomic E-state index is 0.575. The van der Waals surface area contributed by atoms with Crippen molar-refractivity contribution in [2.75, 3.05) is 0 Å². The van der Waals surface area contributed by atoms with Gasteiger partial charge >= 0.3 is 0 Å². The van der Waals surface area contributed by atoms with E-state index >= 15 is 0 Å². The van der Waals surface area contributed by atoms with Gasteiger partial charge in [-0.2, -0.15) is 0 Å². The van der Waals surface area contributed by atoms with E-state index in [0.29, 0.717) is 4.80 Å². The summed E-state index contributed by atoms with van der Waals surface area (Å²) in [5.74, 6) is 0.948. The van der Waals surface area contributed by atoms with E-state index in [1.54, 1.807) is 6.20 Å². The van der Waals surface area contributed by atoms with E-state index in [1.165, 1.54) is 0 Å². The van der Waals surface area contributed by atoms with Crippen LogP contribution in [0.3, 0.4) is 0 Å². The highest BCUT2D eigenvalue weighted by Gasteiger charge is 1.96. The molecule has 0 spiro atoms. The van der Waals surface area contributed by atoms with Gasteiger partial charge in [0, 0.05) is 22.4 Å². The third kappa shape index (κ3) is 1.82. The van der Waals surface area contributed by atoms with Gasteiger partial charge in [0.1, 0.15) is 5.76 Å². The Labute approximate surface area is 62.4 Å². The summed E-state index contributed by atoms with van der Waals surface area (Å²) >= 11 is 3.12. The topological polar surface area (TPSA) is 26.0 Å². The van der Waals surface area contributed by atoms with Crippen LogP contribution in [0.4, 0.5) is 0 Å². The van der Waals surface area contributed by atoms with Crippen molar-refractivity contribution in [1.82, 2.24) is 4.98 Å². The van der Waals surface area contributed by atoms with Crippen molar-refractivity contribution < 1.29 is 4.42 Å². The number of nitrogens with zero attached hydrogens (tertiary/aromatic N) is 1. The predicted molar refractivity (Wildman–Crippen MR) is 38.2 cm³/mol. The Balaban J connectivity index is 2.61. The fraction of sp³-hybridized carbons (Fsp3) is 0.500. The molecule has 0 aliphatic heterocycles. The summed E-state index contributed by atoms with van der Waals surface area (Å²) in [5.41, 5.74) is 0. The van der Waals surface area contributed by atoms with Crippen LogP contribution in [0.1, 0.15) is 19.1 Å². The van der Waals surface area contributed by atoms with E-state index in [1.807, 2.05) is 0 Å². The standard InChI is InChI=1S/C6H8BrNO/c1-2-3-5-4-8-6(7)9-5/h4H,2-3H2,1H3. The van der Waals surface area contributed by atoms with E-state index in [2.05, 4.69) is 27.8 Å². The van der Waals surface area contributed by atoms with Gasteiger partial charge in [0.25, 0.3) is 4.80 Å². The first kappa shape index (κ1) is 6.81. The molecule has 1 heterocycles. The van der Waals surface area contributed by atoms with Gasteiger partial charge in [-0.05, 0) is 6.42 Å². The van der Waals surface area contributed by atoms with Gasteiger partial charge in [0.05, 0.1) is 6.20 Å². The number of halogens is 1. The van der Waals surface area contributed by atoms with Gasteiger partial charge in [-0.1, -0.05) is 6.92 Å². The molecule has 0 amide bonds. The largest absolute Gasteiger partial charge is 0.436 e. The highest BCUT2D eigenvalue weighted by atomic mass is 79.9. The molecule has 50 valence electrons. The molecule has 1 aromatic heterocycles. The summed E-state index contributed by atoms with van der Waals surface area (Å²) in [5, 5.41) is 0. The molecule has 0 radical (unpaired) electrons. The first-order chi connectivity index (χ1) is 4.33. The molecule has 0 fully saturated rings. The molecule has 0 aliphatic rings. The maximum atomic E-state index is 5.13. The second kappa shape index (κ2) is 3.01. The molecule has 0 N–H and O–H groups in total. The number of aromatic nitrogens is 1. The SMILES string of the molecule is CCCc1cnc(Br)o1. The lowest BCUT2D eigenvalue weighted by atomic mass is 10.3. The lowest BCUT2D eigenvalue weighted by Crippen LogP contribution is -1.74. The molecule has 0 bridgehead atoms. The minimum Gasteiger partial charge on any atom is -0.436 e. The van der Waals surface area contributed by atoms with Crippen molar-refractivity contribution in [1.29, 1.82) is 0 Å². The van der Waals surface area contributed by atoms with Crippen LogP contribution >= 0.6 is 15.9 Å². The second-order valence-electron chi connectivity index (χ2n) is 1.83. The van der Waals surface area contributed by atoms with Gasteiger partial charge in [0.15, 0.2) is 0 Å². The first-order valence-corrected chi connectivity index (χ1v) is 3.72. The van der Waals surface area contributed by atoms with Crippen LogP contribution in [-0.2, 0) is 6.42 Å². The monoisotopic (exact) mass is 189 g/mol. The van der Waals surface area contributed by atoms with Gasteiger partial charge in [-0.25, -0.2) is 4.98 Å². The molecule has 0 unspecified atom stereocenters. The normalized spacial score (nSPS) is 10.0. The molecular weight excluding hydrogens is 182 g/mol. The van der Waals surface area contributed by atoms with Gasteiger partial charge < -0.3 is 4.42 Å². The van der Waals surface area contributed by atoms with Crippen LogP contribution in [0, 0.1) is 0 Å². The smallest absolute Gasteiger partial charge is 0.264 e. The van der Waals surface area contributed by atoms with Crippen LogP contribution in [0.2, 0.25) is 0 Å². The third-order valence-corrected chi connectivity index (χ3v) is 1.39. The van der Waals surface area contributed by atoms with Gasteiger partial charge in [-0.15, -0.1) is 0 Å². The highest BCUT2D eigenvalue weighted by Crippen LogP contribution is 2.10. The molecule has 3 heteroatoms. The molecule has 1 aromatic rings. The zero-order chi connectivity index (χ0) is 6.69. The molecule has 0 aliphatic carbocycles. The Morgan fingerprint density at radius 2 is 2.56 bits per heavy atom. The van der Waals surface area contributed by atoms with Gasteiger partial charge in [-0.3, -0.25) is 0 Å². The van der Waals surface area contributed by atoms with E-state index in [-0.39, 0.29) is 0 Å². The molecular formula is C6H8BrNO. The second-order valence-corrected chi connectivity index (χ2v) is 2.51. The molecule has 0 atom stereocenters. The van der Waals surface area contributed by atoms with Crippen LogP contribution in [0.5, 0.6) is 0 Å². The lowest BCUT2D eigenvalue weighted by Gasteiger charge is -1.85. The average Bonchev–Trinajstić information content (AvgIpc) is 2.17. The summed E-state index contributed by atoms with van der Waals surface area (Å²) < 4.78 is 5.13. The van der Waals surface area contributed by atoms with Crippen LogP contribution in [-0.4, -0.2) is 4.98 Å². The number of hydrogen-bond donors (Lipinski definition) is 0.